The predicted molar refractivity (Wildman–Crippen MR) is 85.6 cm³/mol. The lowest BCUT2D eigenvalue weighted by molar-refractivity contribution is 0.0609. The van der Waals surface area contributed by atoms with Crippen LogP contribution in [0.5, 0.6) is 0 Å². The summed E-state index contributed by atoms with van der Waals surface area (Å²) >= 11 is 0. The average Bonchev–Trinajstić information content (AvgIpc) is 2.43. The number of hydrogen-bond acceptors (Lipinski definition) is 2. The van der Waals surface area contributed by atoms with Gasteiger partial charge in [-0.1, -0.05) is 32.4 Å². The van der Waals surface area contributed by atoms with Crippen LogP contribution in [0, 0.1) is 0 Å². The van der Waals surface area contributed by atoms with Crippen LogP contribution in [0.2, 0.25) is 0 Å². The summed E-state index contributed by atoms with van der Waals surface area (Å²) in [7, 11) is 0. The Bertz CT molecular complexity index is 264. The molecule has 1 atom stereocenters. The Labute approximate surface area is 120 Å². The quantitative estimate of drug-likeness (QED) is 0.669. The molecular formula is C17H34N2. The Balaban J connectivity index is 2.70. The average molecular weight is 266 g/mol. The van der Waals surface area contributed by atoms with Gasteiger partial charge in [0.15, 0.2) is 0 Å². The Morgan fingerprint density at radius 2 is 1.84 bits per heavy atom. The summed E-state index contributed by atoms with van der Waals surface area (Å²) in [4.78, 5) is 2.69. The van der Waals surface area contributed by atoms with Crippen molar-refractivity contribution in [3.63, 3.8) is 0 Å². The van der Waals surface area contributed by atoms with Gasteiger partial charge in [0.05, 0.1) is 0 Å². The first-order chi connectivity index (χ1) is 9.02. The van der Waals surface area contributed by atoms with Gasteiger partial charge in [-0.2, -0.15) is 0 Å². The third kappa shape index (κ3) is 4.92. The smallest absolute Gasteiger partial charge is 0.0309 e. The highest BCUT2D eigenvalue weighted by atomic mass is 15.2. The molecule has 0 radical (unpaired) electrons. The van der Waals surface area contributed by atoms with Crippen molar-refractivity contribution in [3.8, 4) is 0 Å². The van der Waals surface area contributed by atoms with Crippen LogP contribution in [0.3, 0.4) is 0 Å². The Morgan fingerprint density at radius 1 is 1.21 bits per heavy atom. The van der Waals surface area contributed by atoms with Crippen LogP contribution < -0.4 is 5.32 Å². The van der Waals surface area contributed by atoms with E-state index in [4.69, 9.17) is 0 Å². The fraction of sp³-hybridized carbons (Fsp3) is 0.882. The molecule has 1 aliphatic rings. The molecule has 1 fully saturated rings. The van der Waals surface area contributed by atoms with Gasteiger partial charge in [-0.3, -0.25) is 4.90 Å². The SMILES string of the molecule is C=C(CC)CC(NCCC)C(C)(C)N1CCCCC1. The molecule has 0 amide bonds. The molecule has 0 aromatic heterocycles. The third-order valence-corrected chi connectivity index (χ3v) is 4.66. The summed E-state index contributed by atoms with van der Waals surface area (Å²) in [6.07, 6.45) is 7.53. The van der Waals surface area contributed by atoms with Gasteiger partial charge in [0.1, 0.15) is 0 Å². The summed E-state index contributed by atoms with van der Waals surface area (Å²) in [6, 6.07) is 0.526. The van der Waals surface area contributed by atoms with Crippen molar-refractivity contribution in [1.29, 1.82) is 0 Å². The van der Waals surface area contributed by atoms with Gasteiger partial charge in [-0.15, -0.1) is 0 Å². The highest BCUT2D eigenvalue weighted by Gasteiger charge is 2.35. The van der Waals surface area contributed by atoms with Crippen LogP contribution in [0.15, 0.2) is 12.2 Å². The zero-order valence-corrected chi connectivity index (χ0v) is 13.6. The van der Waals surface area contributed by atoms with Crippen molar-refractivity contribution < 1.29 is 0 Å². The molecule has 1 saturated heterocycles. The standard InChI is InChI=1S/C17H34N2/c1-6-11-18-16(14-15(3)7-2)17(4,5)19-12-9-8-10-13-19/h16,18H,3,6-14H2,1-2,4-5H3. The zero-order chi connectivity index (χ0) is 14.3. The van der Waals surface area contributed by atoms with Crippen LogP contribution in [0.4, 0.5) is 0 Å². The molecule has 2 heteroatoms. The third-order valence-electron chi connectivity index (χ3n) is 4.66. The van der Waals surface area contributed by atoms with Gasteiger partial charge in [-0.05, 0) is 65.6 Å². The Kier molecular flexibility index (Phi) is 7.09. The monoisotopic (exact) mass is 266 g/mol. The van der Waals surface area contributed by atoms with Crippen LogP contribution in [-0.2, 0) is 0 Å². The fourth-order valence-electron chi connectivity index (χ4n) is 3.01. The van der Waals surface area contributed by atoms with Gasteiger partial charge >= 0.3 is 0 Å². The molecular weight excluding hydrogens is 232 g/mol. The summed E-state index contributed by atoms with van der Waals surface area (Å²) in [5, 5.41) is 3.77. The maximum Gasteiger partial charge on any atom is 0.0309 e. The van der Waals surface area contributed by atoms with E-state index in [0.29, 0.717) is 6.04 Å². The molecule has 0 aromatic carbocycles. The maximum atomic E-state index is 4.22. The first kappa shape index (κ1) is 16.7. The minimum absolute atomic E-state index is 0.230. The molecule has 0 aromatic rings. The number of rotatable bonds is 8. The number of hydrogen-bond donors (Lipinski definition) is 1. The van der Waals surface area contributed by atoms with Crippen LogP contribution in [-0.4, -0.2) is 36.1 Å². The topological polar surface area (TPSA) is 15.3 Å². The number of piperidine rings is 1. The van der Waals surface area contributed by atoms with E-state index in [-0.39, 0.29) is 5.54 Å². The number of nitrogens with one attached hydrogen (secondary N) is 1. The van der Waals surface area contributed by atoms with Crippen molar-refractivity contribution in [2.45, 2.75) is 77.8 Å². The van der Waals surface area contributed by atoms with Gasteiger partial charge in [0.25, 0.3) is 0 Å². The summed E-state index contributed by atoms with van der Waals surface area (Å²) in [6.45, 7) is 17.1. The lowest BCUT2D eigenvalue weighted by Crippen LogP contribution is -2.59. The fourth-order valence-corrected chi connectivity index (χ4v) is 3.01. The van der Waals surface area contributed by atoms with E-state index in [1.807, 2.05) is 0 Å². The van der Waals surface area contributed by atoms with Crippen molar-refractivity contribution in [2.24, 2.45) is 0 Å². The summed E-state index contributed by atoms with van der Waals surface area (Å²) in [5.74, 6) is 0. The van der Waals surface area contributed by atoms with Crippen LogP contribution >= 0.6 is 0 Å². The minimum atomic E-state index is 0.230. The molecule has 0 saturated carbocycles. The lowest BCUT2D eigenvalue weighted by atomic mass is 9.85. The summed E-state index contributed by atoms with van der Waals surface area (Å²) < 4.78 is 0. The maximum absolute atomic E-state index is 4.22. The normalized spacial score (nSPS) is 19.4. The predicted octanol–water partition coefficient (Wildman–Crippen LogP) is 3.98. The molecule has 1 heterocycles. The molecule has 1 aliphatic heterocycles. The van der Waals surface area contributed by atoms with Gasteiger partial charge < -0.3 is 5.32 Å². The van der Waals surface area contributed by atoms with E-state index < -0.39 is 0 Å². The van der Waals surface area contributed by atoms with Gasteiger partial charge in [-0.25, -0.2) is 0 Å². The van der Waals surface area contributed by atoms with Crippen molar-refractivity contribution >= 4 is 0 Å². The minimum Gasteiger partial charge on any atom is -0.312 e. The molecule has 1 rings (SSSR count). The molecule has 0 aliphatic carbocycles. The van der Waals surface area contributed by atoms with Crippen molar-refractivity contribution in [2.75, 3.05) is 19.6 Å². The molecule has 112 valence electrons. The van der Waals surface area contributed by atoms with E-state index >= 15 is 0 Å². The Morgan fingerprint density at radius 3 is 2.37 bits per heavy atom. The first-order valence-corrected chi connectivity index (χ1v) is 8.17. The largest absolute Gasteiger partial charge is 0.312 e. The second-order valence-corrected chi connectivity index (χ2v) is 6.52. The van der Waals surface area contributed by atoms with E-state index in [1.54, 1.807) is 0 Å². The number of nitrogens with zero attached hydrogens (tertiary/aromatic N) is 1. The van der Waals surface area contributed by atoms with Crippen LogP contribution in [0.1, 0.15) is 66.2 Å². The second-order valence-electron chi connectivity index (χ2n) is 6.52. The van der Waals surface area contributed by atoms with Gasteiger partial charge in [0, 0.05) is 11.6 Å². The van der Waals surface area contributed by atoms with Crippen molar-refractivity contribution in [3.05, 3.63) is 12.2 Å². The van der Waals surface area contributed by atoms with Crippen molar-refractivity contribution in [1.82, 2.24) is 10.2 Å². The van der Waals surface area contributed by atoms with E-state index in [1.165, 1.54) is 44.3 Å². The summed E-state index contributed by atoms with van der Waals surface area (Å²) in [5.41, 5.74) is 1.60. The van der Waals surface area contributed by atoms with Crippen LogP contribution in [0.25, 0.3) is 0 Å². The highest BCUT2D eigenvalue weighted by molar-refractivity contribution is 5.04. The molecule has 0 spiro atoms. The Hall–Kier alpha value is -0.340. The lowest BCUT2D eigenvalue weighted by Gasteiger charge is -2.46. The molecule has 1 N–H and O–H groups in total. The van der Waals surface area contributed by atoms with E-state index in [9.17, 15) is 0 Å². The molecule has 0 bridgehead atoms. The first-order valence-electron chi connectivity index (χ1n) is 8.17. The second kappa shape index (κ2) is 8.06. The van der Waals surface area contributed by atoms with E-state index in [0.717, 1.165) is 19.4 Å². The molecule has 1 unspecified atom stereocenters. The van der Waals surface area contributed by atoms with E-state index in [2.05, 4.69) is 44.5 Å². The molecule has 2 nitrogen and oxygen atoms in total. The number of likely N-dealkylation sites (tertiary alicyclic amines) is 1. The molecule has 19 heavy (non-hydrogen) atoms. The zero-order valence-electron chi connectivity index (χ0n) is 13.6. The highest BCUT2D eigenvalue weighted by Crippen LogP contribution is 2.27. The van der Waals surface area contributed by atoms with Gasteiger partial charge in [0.2, 0.25) is 0 Å².